The van der Waals surface area contributed by atoms with E-state index >= 15 is 0 Å². The highest BCUT2D eigenvalue weighted by molar-refractivity contribution is 7.73. The van der Waals surface area contributed by atoms with Crippen LogP contribution in [0, 0.1) is 0 Å². The maximum atomic E-state index is 8.67. The summed E-state index contributed by atoms with van der Waals surface area (Å²) < 4.78 is 22.8. The minimum atomic E-state index is -2.61. The maximum absolute atomic E-state index is 8.67. The van der Waals surface area contributed by atoms with Gasteiger partial charge in [-0.2, -0.15) is 4.21 Å². The molecule has 0 aliphatic carbocycles. The first-order valence-electron chi connectivity index (χ1n) is 0.532. The second kappa shape index (κ2) is 28.5. The normalized spacial score (nSPS) is 4.38. The molecular formula is H10O7S. The van der Waals surface area contributed by atoms with Crippen LogP contribution in [0.2, 0.25) is 0 Å². The van der Waals surface area contributed by atoms with Crippen molar-refractivity contribution in [3.05, 3.63) is 0 Å². The van der Waals surface area contributed by atoms with E-state index in [0.29, 0.717) is 0 Å². The zero-order valence-corrected chi connectivity index (χ0v) is 4.53. The molecule has 0 aromatic carbocycles. The van der Waals surface area contributed by atoms with E-state index in [1.807, 2.05) is 0 Å². The number of hydrogen-bond donors (Lipinski definition) is 2. The van der Waals surface area contributed by atoms with Crippen molar-refractivity contribution in [1.29, 1.82) is 0 Å². The Morgan fingerprint density at radius 1 is 0.875 bits per heavy atom. The van der Waals surface area contributed by atoms with E-state index in [9.17, 15) is 0 Å². The van der Waals surface area contributed by atoms with Gasteiger partial charge in [-0.1, -0.05) is 0 Å². The van der Waals surface area contributed by atoms with Crippen molar-refractivity contribution in [1.82, 2.24) is 0 Å². The van der Waals surface area contributed by atoms with E-state index in [1.165, 1.54) is 0 Å². The summed E-state index contributed by atoms with van der Waals surface area (Å²) in [5.41, 5.74) is 0. The molecule has 0 radical (unpaired) electrons. The molecule has 10 N–H and O–H groups in total. The first-order chi connectivity index (χ1) is 1.73. The summed E-state index contributed by atoms with van der Waals surface area (Å²) >= 11 is -2.61. The molecule has 8 heteroatoms. The van der Waals surface area contributed by atoms with Gasteiger partial charge < -0.3 is 21.9 Å². The van der Waals surface area contributed by atoms with Gasteiger partial charge in [0.15, 0.2) is 0 Å². The fourth-order valence-corrected chi connectivity index (χ4v) is 0. The monoisotopic (exact) mass is 154 g/mol. The van der Waals surface area contributed by atoms with Gasteiger partial charge in [-0.15, -0.1) is 0 Å². The van der Waals surface area contributed by atoms with Crippen LogP contribution in [0.5, 0.6) is 0 Å². The fourth-order valence-electron chi connectivity index (χ4n) is 0. The smallest absolute Gasteiger partial charge is 0.299 e. The van der Waals surface area contributed by atoms with Gasteiger partial charge in [-0.05, 0) is 0 Å². The minimum absolute atomic E-state index is 0. The molecule has 0 rings (SSSR count). The molecule has 0 fully saturated rings. The van der Waals surface area contributed by atoms with Crippen LogP contribution >= 0.6 is 0 Å². The number of hydrogen-bond acceptors (Lipinski definition) is 1. The van der Waals surface area contributed by atoms with Crippen LogP contribution in [0.25, 0.3) is 0 Å². The van der Waals surface area contributed by atoms with Crippen LogP contribution in [-0.2, 0) is 11.4 Å². The van der Waals surface area contributed by atoms with E-state index in [2.05, 4.69) is 0 Å². The molecule has 58 valence electrons. The topological polar surface area (TPSA) is 184 Å². The van der Waals surface area contributed by atoms with Crippen LogP contribution in [-0.4, -0.2) is 35.2 Å². The first-order valence-corrected chi connectivity index (χ1v) is 1.60. The van der Waals surface area contributed by atoms with Gasteiger partial charge in [-0.25, -0.2) is 0 Å². The summed E-state index contributed by atoms with van der Waals surface area (Å²) in [6.07, 6.45) is 0. The van der Waals surface area contributed by atoms with Gasteiger partial charge in [0.1, 0.15) is 0 Å². The largest absolute Gasteiger partial charge is 0.412 e. The van der Waals surface area contributed by atoms with Gasteiger partial charge in [0.05, 0.1) is 0 Å². The SMILES string of the molecule is O.O.O.O.O=S(O)O. The van der Waals surface area contributed by atoms with E-state index in [0.717, 1.165) is 0 Å². The molecule has 7 nitrogen and oxygen atoms in total. The molecule has 0 unspecified atom stereocenters. The van der Waals surface area contributed by atoms with E-state index in [1.54, 1.807) is 0 Å². The molecule has 0 saturated heterocycles. The van der Waals surface area contributed by atoms with Crippen LogP contribution in [0.1, 0.15) is 0 Å². The van der Waals surface area contributed by atoms with Crippen molar-refractivity contribution in [3.63, 3.8) is 0 Å². The second-order valence-electron chi connectivity index (χ2n) is 0.231. The first kappa shape index (κ1) is 44.6. The molecule has 0 aliphatic rings. The van der Waals surface area contributed by atoms with Crippen LogP contribution in [0.4, 0.5) is 0 Å². The Morgan fingerprint density at radius 2 is 0.875 bits per heavy atom. The Hall–Kier alpha value is -0.0900. The highest BCUT2D eigenvalue weighted by Gasteiger charge is 1.62. The summed E-state index contributed by atoms with van der Waals surface area (Å²) in [7, 11) is 0. The third kappa shape index (κ3) is 17600. The highest BCUT2D eigenvalue weighted by atomic mass is 32.2. The molecule has 0 aromatic rings. The Bertz CT molecular complexity index is 27.4. The third-order valence-electron chi connectivity index (χ3n) is 0. The van der Waals surface area contributed by atoms with Crippen molar-refractivity contribution in [2.45, 2.75) is 0 Å². The van der Waals surface area contributed by atoms with Crippen molar-refractivity contribution >= 4 is 11.4 Å². The molecule has 0 aliphatic heterocycles. The predicted octanol–water partition coefficient (Wildman–Crippen LogP) is -3.62. The van der Waals surface area contributed by atoms with Gasteiger partial charge in [-0.3, -0.25) is 9.11 Å². The van der Waals surface area contributed by atoms with Crippen LogP contribution < -0.4 is 0 Å². The van der Waals surface area contributed by atoms with E-state index in [-0.39, 0.29) is 21.9 Å². The Labute approximate surface area is 47.7 Å². The molecule has 0 aromatic heterocycles. The molecular weight excluding hydrogens is 144 g/mol. The summed E-state index contributed by atoms with van der Waals surface area (Å²) in [6, 6.07) is 0. The predicted molar refractivity (Wildman–Crippen MR) is 27.9 cm³/mol. The average molecular weight is 154 g/mol. The van der Waals surface area contributed by atoms with Crippen molar-refractivity contribution < 1.29 is 35.2 Å². The standard InChI is InChI=1S/H2O3S.4H2O/c1-4(2)3;;;;/h(H2,1,2,3);4*1H2. The molecule has 0 atom stereocenters. The minimum Gasteiger partial charge on any atom is -0.412 e. The fraction of sp³-hybridized carbons (Fsp3) is 0. The van der Waals surface area contributed by atoms with Crippen molar-refractivity contribution in [2.75, 3.05) is 0 Å². The molecule has 0 heterocycles. The third-order valence-corrected chi connectivity index (χ3v) is 0. The highest BCUT2D eigenvalue weighted by Crippen LogP contribution is 1.44. The van der Waals surface area contributed by atoms with Crippen LogP contribution in [0.15, 0.2) is 0 Å². The van der Waals surface area contributed by atoms with E-state index < -0.39 is 11.4 Å². The summed E-state index contributed by atoms with van der Waals surface area (Å²) in [5.74, 6) is 0. The Kier molecular flexibility index (Phi) is 159. The lowest BCUT2D eigenvalue weighted by Crippen LogP contribution is -1.74. The van der Waals surface area contributed by atoms with Gasteiger partial charge in [0.2, 0.25) is 0 Å². The Morgan fingerprint density at radius 3 is 0.875 bits per heavy atom. The van der Waals surface area contributed by atoms with Crippen molar-refractivity contribution in [3.8, 4) is 0 Å². The van der Waals surface area contributed by atoms with Gasteiger partial charge >= 0.3 is 0 Å². The van der Waals surface area contributed by atoms with Gasteiger partial charge in [0.25, 0.3) is 11.4 Å². The zero-order chi connectivity index (χ0) is 3.58. The maximum Gasteiger partial charge on any atom is 0.299 e. The summed E-state index contributed by atoms with van der Waals surface area (Å²) in [4.78, 5) is 0. The van der Waals surface area contributed by atoms with Crippen molar-refractivity contribution in [2.24, 2.45) is 0 Å². The van der Waals surface area contributed by atoms with E-state index in [4.69, 9.17) is 13.3 Å². The quantitative estimate of drug-likeness (QED) is 0.342. The lowest BCUT2D eigenvalue weighted by Gasteiger charge is -1.59. The number of rotatable bonds is 0. The molecule has 0 spiro atoms. The summed E-state index contributed by atoms with van der Waals surface area (Å²) in [5, 5.41) is 0. The van der Waals surface area contributed by atoms with Crippen LogP contribution in [0.3, 0.4) is 0 Å². The Balaban J connectivity index is -0.00000000750. The lowest BCUT2D eigenvalue weighted by atomic mass is 15.8. The second-order valence-corrected chi connectivity index (χ2v) is 0.692. The zero-order valence-electron chi connectivity index (χ0n) is 3.71. The molecule has 0 saturated carbocycles. The molecule has 8 heavy (non-hydrogen) atoms. The summed E-state index contributed by atoms with van der Waals surface area (Å²) in [6.45, 7) is 0. The lowest BCUT2D eigenvalue weighted by molar-refractivity contribution is 0.454. The molecule has 0 amide bonds. The molecule has 0 bridgehead atoms. The average Bonchev–Trinajstić information content (AvgIpc) is 0.811. The van der Waals surface area contributed by atoms with Gasteiger partial charge in [0, 0.05) is 0 Å².